The standard InChI is InChI=1S/C14H10BrFN2O2S/c1-2-9-4-3-5-10(6-9)18-21(19,20)14-8-13(17)11(15)7-12(14)16/h1,3-8,18H,17H2. The molecule has 0 aliphatic heterocycles. The maximum atomic E-state index is 13.8. The van der Waals surface area contributed by atoms with Gasteiger partial charge in [0.05, 0.1) is 5.69 Å². The van der Waals surface area contributed by atoms with Crippen molar-refractivity contribution < 1.29 is 12.8 Å². The third-order valence-corrected chi connectivity index (χ3v) is 4.71. The summed E-state index contributed by atoms with van der Waals surface area (Å²) < 4.78 is 40.8. The molecule has 0 radical (unpaired) electrons. The Kier molecular flexibility index (Phi) is 4.21. The van der Waals surface area contributed by atoms with E-state index in [1.807, 2.05) is 0 Å². The summed E-state index contributed by atoms with van der Waals surface area (Å²) in [7, 11) is -4.10. The highest BCUT2D eigenvalue weighted by Crippen LogP contribution is 2.27. The highest BCUT2D eigenvalue weighted by Gasteiger charge is 2.21. The van der Waals surface area contributed by atoms with Crippen LogP contribution in [-0.4, -0.2) is 8.42 Å². The summed E-state index contributed by atoms with van der Waals surface area (Å²) in [4.78, 5) is -0.533. The van der Waals surface area contributed by atoms with Crippen LogP contribution in [0.5, 0.6) is 0 Å². The summed E-state index contributed by atoms with van der Waals surface area (Å²) in [6, 6.07) is 8.28. The summed E-state index contributed by atoms with van der Waals surface area (Å²) in [6.07, 6.45) is 5.25. The molecule has 0 spiro atoms. The van der Waals surface area contributed by atoms with Crippen molar-refractivity contribution in [1.29, 1.82) is 0 Å². The van der Waals surface area contributed by atoms with Gasteiger partial charge in [-0.2, -0.15) is 0 Å². The predicted molar refractivity (Wildman–Crippen MR) is 83.7 cm³/mol. The third-order valence-electron chi connectivity index (χ3n) is 2.62. The SMILES string of the molecule is C#Cc1cccc(NS(=O)(=O)c2cc(N)c(Br)cc2F)c1. The number of hydrogen-bond acceptors (Lipinski definition) is 3. The lowest BCUT2D eigenvalue weighted by atomic mass is 10.2. The molecule has 21 heavy (non-hydrogen) atoms. The van der Waals surface area contributed by atoms with E-state index in [1.165, 1.54) is 12.1 Å². The fourth-order valence-corrected chi connectivity index (χ4v) is 3.09. The van der Waals surface area contributed by atoms with E-state index < -0.39 is 20.7 Å². The fourth-order valence-electron chi connectivity index (χ4n) is 1.63. The van der Waals surface area contributed by atoms with Gasteiger partial charge < -0.3 is 5.73 Å². The van der Waals surface area contributed by atoms with E-state index in [0.717, 1.165) is 12.1 Å². The Labute approximate surface area is 130 Å². The molecule has 2 aromatic rings. The second kappa shape index (κ2) is 5.76. The molecular weight excluding hydrogens is 359 g/mol. The molecule has 0 aromatic heterocycles. The number of hydrogen-bond donors (Lipinski definition) is 2. The molecule has 0 saturated carbocycles. The monoisotopic (exact) mass is 368 g/mol. The van der Waals surface area contributed by atoms with Gasteiger partial charge in [-0.3, -0.25) is 4.72 Å². The van der Waals surface area contributed by atoms with Crippen LogP contribution in [-0.2, 0) is 10.0 Å². The molecule has 0 unspecified atom stereocenters. The van der Waals surface area contributed by atoms with Crippen LogP contribution in [0.2, 0.25) is 0 Å². The molecule has 0 saturated heterocycles. The minimum Gasteiger partial charge on any atom is -0.398 e. The molecule has 0 heterocycles. The van der Waals surface area contributed by atoms with Gasteiger partial charge in [0.1, 0.15) is 10.7 Å². The number of nitrogens with one attached hydrogen (secondary N) is 1. The lowest BCUT2D eigenvalue weighted by Crippen LogP contribution is -2.15. The van der Waals surface area contributed by atoms with Crippen LogP contribution in [0.3, 0.4) is 0 Å². The Morgan fingerprint density at radius 3 is 2.67 bits per heavy atom. The van der Waals surface area contributed by atoms with Crippen LogP contribution < -0.4 is 10.5 Å². The fraction of sp³-hybridized carbons (Fsp3) is 0. The largest absolute Gasteiger partial charge is 0.398 e. The first-order valence-electron chi connectivity index (χ1n) is 5.67. The normalized spacial score (nSPS) is 10.9. The first kappa shape index (κ1) is 15.4. The second-order valence-corrected chi connectivity index (χ2v) is 6.64. The third kappa shape index (κ3) is 3.35. The van der Waals surface area contributed by atoms with Crippen LogP contribution in [0.1, 0.15) is 5.56 Å². The van der Waals surface area contributed by atoms with E-state index in [1.54, 1.807) is 12.1 Å². The zero-order chi connectivity index (χ0) is 15.6. The molecule has 2 aromatic carbocycles. The number of terminal acetylenes is 1. The van der Waals surface area contributed by atoms with E-state index in [2.05, 4.69) is 26.6 Å². The van der Waals surface area contributed by atoms with Gasteiger partial charge in [-0.05, 0) is 46.3 Å². The summed E-state index contributed by atoms with van der Waals surface area (Å²) in [5, 5.41) is 0. The minimum atomic E-state index is -4.10. The molecule has 0 aliphatic carbocycles. The molecule has 2 rings (SSSR count). The number of nitrogen functional groups attached to an aromatic ring is 1. The number of halogens is 2. The molecule has 0 fully saturated rings. The van der Waals surface area contributed by atoms with Gasteiger partial charge in [0.15, 0.2) is 0 Å². The van der Waals surface area contributed by atoms with Crippen LogP contribution in [0.4, 0.5) is 15.8 Å². The molecule has 0 aliphatic rings. The van der Waals surface area contributed by atoms with Gasteiger partial charge in [-0.1, -0.05) is 12.0 Å². The Bertz CT molecular complexity index is 845. The molecule has 7 heteroatoms. The maximum Gasteiger partial charge on any atom is 0.264 e. The smallest absolute Gasteiger partial charge is 0.264 e. The Morgan fingerprint density at radius 2 is 2.00 bits per heavy atom. The minimum absolute atomic E-state index is 0.120. The average Bonchev–Trinajstić information content (AvgIpc) is 2.42. The second-order valence-electron chi connectivity index (χ2n) is 4.13. The maximum absolute atomic E-state index is 13.8. The molecule has 0 bridgehead atoms. The lowest BCUT2D eigenvalue weighted by molar-refractivity contribution is 0.570. The number of benzene rings is 2. The number of rotatable bonds is 3. The van der Waals surface area contributed by atoms with E-state index in [-0.39, 0.29) is 15.8 Å². The molecular formula is C14H10BrFN2O2S. The topological polar surface area (TPSA) is 72.2 Å². The van der Waals surface area contributed by atoms with Crippen LogP contribution >= 0.6 is 15.9 Å². The molecule has 0 amide bonds. The van der Waals surface area contributed by atoms with Crippen molar-refractivity contribution in [3.8, 4) is 12.3 Å². The summed E-state index contributed by atoms with van der Waals surface area (Å²) >= 11 is 3.03. The summed E-state index contributed by atoms with van der Waals surface area (Å²) in [5.41, 5.74) is 6.46. The van der Waals surface area contributed by atoms with Crippen molar-refractivity contribution in [2.24, 2.45) is 0 Å². The molecule has 0 atom stereocenters. The van der Waals surface area contributed by atoms with Gasteiger partial charge in [-0.15, -0.1) is 6.42 Å². The number of anilines is 2. The zero-order valence-corrected chi connectivity index (χ0v) is 13.0. The van der Waals surface area contributed by atoms with E-state index in [4.69, 9.17) is 12.2 Å². The van der Waals surface area contributed by atoms with Crippen molar-refractivity contribution in [3.05, 3.63) is 52.3 Å². The lowest BCUT2D eigenvalue weighted by Gasteiger charge is -2.10. The number of nitrogens with two attached hydrogens (primary N) is 1. The van der Waals surface area contributed by atoms with Gasteiger partial charge in [0.25, 0.3) is 10.0 Å². The van der Waals surface area contributed by atoms with Crippen LogP contribution in [0.25, 0.3) is 0 Å². The van der Waals surface area contributed by atoms with Gasteiger partial charge in [-0.25, -0.2) is 12.8 Å². The van der Waals surface area contributed by atoms with Crippen molar-refractivity contribution in [1.82, 2.24) is 0 Å². The van der Waals surface area contributed by atoms with E-state index in [9.17, 15) is 12.8 Å². The molecule has 108 valence electrons. The quantitative estimate of drug-likeness (QED) is 0.646. The molecule has 3 N–H and O–H groups in total. The van der Waals surface area contributed by atoms with Crippen molar-refractivity contribution >= 4 is 37.3 Å². The first-order chi connectivity index (χ1) is 9.83. The van der Waals surface area contributed by atoms with Gasteiger partial charge in [0.2, 0.25) is 0 Å². The van der Waals surface area contributed by atoms with Gasteiger partial charge >= 0.3 is 0 Å². The highest BCUT2D eigenvalue weighted by atomic mass is 79.9. The van der Waals surface area contributed by atoms with Crippen LogP contribution in [0, 0.1) is 18.2 Å². The predicted octanol–water partition coefficient (Wildman–Crippen LogP) is 2.95. The molecule has 4 nitrogen and oxygen atoms in total. The van der Waals surface area contributed by atoms with Crippen molar-refractivity contribution in [3.63, 3.8) is 0 Å². The highest BCUT2D eigenvalue weighted by molar-refractivity contribution is 9.10. The first-order valence-corrected chi connectivity index (χ1v) is 7.95. The zero-order valence-electron chi connectivity index (χ0n) is 10.6. The Hall–Kier alpha value is -2.04. The Balaban J connectivity index is 2.43. The van der Waals surface area contributed by atoms with E-state index in [0.29, 0.717) is 5.56 Å². The number of sulfonamides is 1. The summed E-state index contributed by atoms with van der Waals surface area (Å²) in [6.45, 7) is 0. The Morgan fingerprint density at radius 1 is 1.29 bits per heavy atom. The van der Waals surface area contributed by atoms with Crippen molar-refractivity contribution in [2.75, 3.05) is 10.5 Å². The summed E-state index contributed by atoms with van der Waals surface area (Å²) in [5.74, 6) is 1.48. The average molecular weight is 369 g/mol. The van der Waals surface area contributed by atoms with Gasteiger partial charge in [0, 0.05) is 15.7 Å². The van der Waals surface area contributed by atoms with Crippen LogP contribution in [0.15, 0.2) is 45.8 Å². The van der Waals surface area contributed by atoms with Crippen molar-refractivity contribution in [2.45, 2.75) is 4.90 Å². The van der Waals surface area contributed by atoms with E-state index >= 15 is 0 Å².